The second kappa shape index (κ2) is 7.76. The van der Waals surface area contributed by atoms with Crippen molar-refractivity contribution in [1.29, 1.82) is 0 Å². The van der Waals surface area contributed by atoms with Crippen molar-refractivity contribution in [2.24, 2.45) is 40.9 Å². The molecule has 0 spiro atoms. The van der Waals surface area contributed by atoms with Gasteiger partial charge in [-0.3, -0.25) is 0 Å². The maximum absolute atomic E-state index is 11.9. The van der Waals surface area contributed by atoms with Crippen LogP contribution in [-0.4, -0.2) is 12.1 Å². The average molecular weight is 373 g/mol. The zero-order valence-electron chi connectivity index (χ0n) is 18.4. The monoisotopic (exact) mass is 372 g/mol. The molecule has 2 nitrogen and oxygen atoms in total. The van der Waals surface area contributed by atoms with Gasteiger partial charge >= 0.3 is 5.97 Å². The van der Waals surface area contributed by atoms with Gasteiger partial charge in [-0.15, -0.1) is 0 Å². The number of cyclic esters (lactones) is 1. The quantitative estimate of drug-likeness (QED) is 0.310. The fraction of sp³-hybridized carbons (Fsp3) is 0.800. The van der Waals surface area contributed by atoms with Crippen molar-refractivity contribution < 1.29 is 9.53 Å². The van der Waals surface area contributed by atoms with E-state index in [0.717, 1.165) is 18.3 Å². The van der Waals surface area contributed by atoms with E-state index in [1.54, 1.807) is 5.57 Å². The van der Waals surface area contributed by atoms with Crippen LogP contribution in [0, 0.1) is 40.9 Å². The van der Waals surface area contributed by atoms with Gasteiger partial charge in [-0.05, 0) is 73.5 Å². The Kier molecular flexibility index (Phi) is 5.94. The molecule has 0 aromatic carbocycles. The van der Waals surface area contributed by atoms with Crippen LogP contribution in [0.15, 0.2) is 23.8 Å². The molecule has 3 fully saturated rings. The minimum Gasteiger partial charge on any atom is -0.458 e. The van der Waals surface area contributed by atoms with Gasteiger partial charge in [0.15, 0.2) is 0 Å². The molecule has 0 aromatic rings. The molecule has 0 radical (unpaired) electrons. The van der Waals surface area contributed by atoms with Gasteiger partial charge in [-0.2, -0.15) is 0 Å². The lowest BCUT2D eigenvalue weighted by Gasteiger charge is -2.45. The first-order valence-electron chi connectivity index (χ1n) is 11.3. The largest absolute Gasteiger partial charge is 0.458 e. The molecule has 0 amide bonds. The van der Waals surface area contributed by atoms with Crippen LogP contribution >= 0.6 is 0 Å². The molecule has 27 heavy (non-hydrogen) atoms. The number of carbonyl (C=O) groups excluding carboxylic acids is 1. The second-order valence-electron chi connectivity index (χ2n) is 10.4. The molecule has 152 valence electrons. The van der Waals surface area contributed by atoms with Crippen LogP contribution in [0.25, 0.3) is 0 Å². The van der Waals surface area contributed by atoms with E-state index in [1.165, 1.54) is 32.1 Å². The molecule has 3 aliphatic rings. The van der Waals surface area contributed by atoms with Gasteiger partial charge in [-0.25, -0.2) is 4.79 Å². The number of hydrogen-bond donors (Lipinski definition) is 0. The van der Waals surface area contributed by atoms with Gasteiger partial charge in [0.05, 0.1) is 0 Å². The Bertz CT molecular complexity index is 616. The van der Waals surface area contributed by atoms with E-state index in [9.17, 15) is 4.79 Å². The van der Waals surface area contributed by atoms with E-state index in [4.69, 9.17) is 4.74 Å². The maximum atomic E-state index is 11.9. The summed E-state index contributed by atoms with van der Waals surface area (Å²) < 4.78 is 5.64. The molecule has 0 N–H and O–H groups in total. The van der Waals surface area contributed by atoms with Crippen LogP contribution in [-0.2, 0) is 9.53 Å². The highest BCUT2D eigenvalue weighted by Crippen LogP contribution is 2.60. The van der Waals surface area contributed by atoms with Crippen molar-refractivity contribution >= 4 is 5.97 Å². The summed E-state index contributed by atoms with van der Waals surface area (Å²) in [6.07, 6.45) is 10.3. The molecule has 0 bridgehead atoms. The first-order valence-corrected chi connectivity index (χ1v) is 11.3. The Morgan fingerprint density at radius 3 is 2.56 bits per heavy atom. The molecule has 1 heterocycles. The summed E-state index contributed by atoms with van der Waals surface area (Å²) in [6, 6.07) is 0. The van der Waals surface area contributed by atoms with E-state index in [0.29, 0.717) is 28.7 Å². The van der Waals surface area contributed by atoms with Gasteiger partial charge in [0, 0.05) is 11.5 Å². The number of allylic oxidation sites excluding steroid dienone is 2. The number of esters is 1. The van der Waals surface area contributed by atoms with Gasteiger partial charge < -0.3 is 4.74 Å². The number of hydrogen-bond acceptors (Lipinski definition) is 2. The molecule has 0 aromatic heterocycles. The summed E-state index contributed by atoms with van der Waals surface area (Å²) in [5.74, 6) is 3.46. The van der Waals surface area contributed by atoms with Crippen LogP contribution in [0.2, 0.25) is 0 Å². The first-order chi connectivity index (χ1) is 12.6. The lowest BCUT2D eigenvalue weighted by atomic mass is 9.60. The smallest absolute Gasteiger partial charge is 0.334 e. The number of fused-ring (bicyclic) bond motifs is 1. The van der Waals surface area contributed by atoms with Crippen molar-refractivity contribution in [1.82, 2.24) is 0 Å². The van der Waals surface area contributed by atoms with Crippen molar-refractivity contribution in [3.63, 3.8) is 0 Å². The van der Waals surface area contributed by atoms with E-state index in [2.05, 4.69) is 54.2 Å². The Balaban J connectivity index is 1.73. The molecule has 1 aliphatic heterocycles. The number of carbonyl (C=O) groups is 1. The highest BCUT2D eigenvalue weighted by molar-refractivity contribution is 5.90. The van der Waals surface area contributed by atoms with E-state index in [1.807, 2.05) is 0 Å². The summed E-state index contributed by atoms with van der Waals surface area (Å²) in [4.78, 5) is 11.9. The molecule has 3 rings (SSSR count). The molecule has 2 heteroatoms. The van der Waals surface area contributed by atoms with Crippen LogP contribution in [0.1, 0.15) is 80.1 Å². The lowest BCUT2D eigenvalue weighted by Crippen LogP contribution is -2.37. The predicted octanol–water partition coefficient (Wildman–Crippen LogP) is 6.57. The van der Waals surface area contributed by atoms with Crippen LogP contribution in [0.3, 0.4) is 0 Å². The molecular formula is C25H40O2. The summed E-state index contributed by atoms with van der Waals surface area (Å²) >= 11 is 0. The summed E-state index contributed by atoms with van der Waals surface area (Å²) in [5.41, 5.74) is 2.82. The fourth-order valence-corrected chi connectivity index (χ4v) is 6.25. The van der Waals surface area contributed by atoms with Crippen molar-refractivity contribution in [2.45, 2.75) is 86.2 Å². The third-order valence-electron chi connectivity index (χ3n) is 8.49. The van der Waals surface area contributed by atoms with Gasteiger partial charge in [0.2, 0.25) is 0 Å². The van der Waals surface area contributed by atoms with Crippen molar-refractivity contribution in [3.05, 3.63) is 23.8 Å². The number of ether oxygens (including phenoxy) is 1. The van der Waals surface area contributed by atoms with Crippen molar-refractivity contribution in [3.8, 4) is 0 Å². The predicted molar refractivity (Wildman–Crippen MR) is 112 cm³/mol. The summed E-state index contributed by atoms with van der Waals surface area (Å²) in [7, 11) is 0. The molecule has 2 unspecified atom stereocenters. The lowest BCUT2D eigenvalue weighted by molar-refractivity contribution is -0.140. The van der Waals surface area contributed by atoms with Crippen LogP contribution in [0.5, 0.6) is 0 Å². The molecule has 2 saturated carbocycles. The van der Waals surface area contributed by atoms with Crippen LogP contribution in [0.4, 0.5) is 0 Å². The third kappa shape index (κ3) is 3.78. The molecule has 7 atom stereocenters. The second-order valence-corrected chi connectivity index (χ2v) is 10.4. The zero-order chi connectivity index (χ0) is 19.9. The highest BCUT2D eigenvalue weighted by atomic mass is 16.6. The van der Waals surface area contributed by atoms with E-state index in [-0.39, 0.29) is 18.0 Å². The topological polar surface area (TPSA) is 26.3 Å². The Labute approximate surface area is 166 Å². The summed E-state index contributed by atoms with van der Waals surface area (Å²) in [6.45, 7) is 18.0. The van der Waals surface area contributed by atoms with Gasteiger partial charge in [-0.1, -0.05) is 59.8 Å². The molecular weight excluding hydrogens is 332 g/mol. The standard InChI is InChI=1S/C25H40O2/c1-15(2)16(3)13-20-9-8-12-25(7)21(10-11-22(20)25)17(4)14-23-18(5)19(6)24(26)27-23/h13,15-18,21-23H,6,8-12,14H2,1-5,7H3/b20-13+/t16-,17-,18-,21?,22+,23-,25?/m1/s1. The normalized spacial score (nSPS) is 40.3. The molecule has 2 aliphatic carbocycles. The van der Waals surface area contributed by atoms with E-state index >= 15 is 0 Å². The Morgan fingerprint density at radius 1 is 1.26 bits per heavy atom. The summed E-state index contributed by atoms with van der Waals surface area (Å²) in [5, 5.41) is 0. The Morgan fingerprint density at radius 2 is 1.96 bits per heavy atom. The third-order valence-corrected chi connectivity index (χ3v) is 8.49. The minimum absolute atomic E-state index is 0.0298. The minimum atomic E-state index is -0.180. The maximum Gasteiger partial charge on any atom is 0.334 e. The van der Waals surface area contributed by atoms with Crippen molar-refractivity contribution in [2.75, 3.05) is 0 Å². The zero-order valence-corrected chi connectivity index (χ0v) is 18.4. The average Bonchev–Trinajstić information content (AvgIpc) is 3.07. The SMILES string of the molecule is C=C1C(=O)O[C@H](C[C@@H](C)C2CC[C@H]3/C(=C/[C@@H](C)C(C)C)CCCC23C)[C@@H]1C. The first kappa shape index (κ1) is 20.7. The fourth-order valence-electron chi connectivity index (χ4n) is 6.25. The van der Waals surface area contributed by atoms with Gasteiger partial charge in [0.25, 0.3) is 0 Å². The van der Waals surface area contributed by atoms with Crippen LogP contribution < -0.4 is 0 Å². The van der Waals surface area contributed by atoms with E-state index < -0.39 is 0 Å². The van der Waals surface area contributed by atoms with Gasteiger partial charge in [0.1, 0.15) is 6.10 Å². The molecule has 1 saturated heterocycles. The Hall–Kier alpha value is -1.05. The highest BCUT2D eigenvalue weighted by Gasteiger charge is 2.51. The number of rotatable bonds is 5.